The molecular formula is C30H43NO6. The summed E-state index contributed by atoms with van der Waals surface area (Å²) in [5.41, 5.74) is 0.998. The lowest BCUT2D eigenvalue weighted by molar-refractivity contribution is 0.0525. The highest BCUT2D eigenvalue weighted by Gasteiger charge is 2.15. The molecule has 0 radical (unpaired) electrons. The molecule has 0 aliphatic heterocycles. The molecular weight excluding hydrogens is 470 g/mol. The Hall–Kier alpha value is -3.22. The second-order valence-electron chi connectivity index (χ2n) is 10.1. The van der Waals surface area contributed by atoms with Gasteiger partial charge in [-0.05, 0) is 51.3 Å². The molecule has 0 bridgehead atoms. The van der Waals surface area contributed by atoms with Crippen LogP contribution in [-0.4, -0.2) is 37.9 Å². The molecule has 0 spiro atoms. The monoisotopic (exact) mass is 513 g/mol. The van der Waals surface area contributed by atoms with E-state index in [1.165, 1.54) is 26.4 Å². The topological polar surface area (TPSA) is 83.1 Å². The first-order chi connectivity index (χ1) is 17.8. The Morgan fingerprint density at radius 2 is 1.38 bits per heavy atom. The highest BCUT2D eigenvalue weighted by Crippen LogP contribution is 2.25. The minimum atomic E-state index is -0.456. The van der Waals surface area contributed by atoms with Crippen molar-refractivity contribution in [2.24, 2.45) is 0 Å². The van der Waals surface area contributed by atoms with Crippen LogP contribution in [0.5, 0.6) is 11.5 Å². The fraction of sp³-hybridized carbons (Fsp3) is 0.533. The van der Waals surface area contributed by atoms with Gasteiger partial charge in [-0.3, -0.25) is 0 Å². The zero-order valence-electron chi connectivity index (χ0n) is 22.8. The van der Waals surface area contributed by atoms with Gasteiger partial charge < -0.3 is 24.3 Å². The zero-order chi connectivity index (χ0) is 26.9. The first-order valence-electron chi connectivity index (χ1n) is 13.3. The molecule has 0 heterocycles. The summed E-state index contributed by atoms with van der Waals surface area (Å²) in [7, 11) is 1.36. The Kier molecular flexibility index (Phi) is 13.4. The van der Waals surface area contributed by atoms with Crippen molar-refractivity contribution in [2.45, 2.75) is 84.3 Å². The van der Waals surface area contributed by atoms with Crippen molar-refractivity contribution in [3.05, 3.63) is 59.7 Å². The summed E-state index contributed by atoms with van der Waals surface area (Å²) in [6.45, 7) is 7.23. The van der Waals surface area contributed by atoms with Gasteiger partial charge in [0.25, 0.3) is 0 Å². The van der Waals surface area contributed by atoms with Gasteiger partial charge in [-0.15, -0.1) is 0 Å². The van der Waals surface area contributed by atoms with Gasteiger partial charge in [0.15, 0.2) is 0 Å². The van der Waals surface area contributed by atoms with Crippen LogP contribution in [-0.2, 0) is 16.1 Å². The van der Waals surface area contributed by atoms with Crippen molar-refractivity contribution in [3.8, 4) is 11.5 Å². The molecule has 204 valence electrons. The van der Waals surface area contributed by atoms with Crippen LogP contribution in [0.15, 0.2) is 48.5 Å². The molecule has 0 aliphatic carbocycles. The third kappa shape index (κ3) is 13.6. The number of benzene rings is 2. The number of unbranched alkanes of at least 4 members (excludes halogenated alkanes) is 7. The number of methoxy groups -OCH3 is 1. The summed E-state index contributed by atoms with van der Waals surface area (Å²) in [5, 5.41) is 2.80. The molecule has 0 saturated heterocycles. The van der Waals surface area contributed by atoms with E-state index in [0.717, 1.165) is 37.7 Å². The average molecular weight is 514 g/mol. The van der Waals surface area contributed by atoms with E-state index in [4.69, 9.17) is 18.9 Å². The molecule has 0 unspecified atom stereocenters. The summed E-state index contributed by atoms with van der Waals surface area (Å²) in [4.78, 5) is 23.7. The highest BCUT2D eigenvalue weighted by molar-refractivity contribution is 5.90. The lowest BCUT2D eigenvalue weighted by Crippen LogP contribution is -2.32. The van der Waals surface area contributed by atoms with Crippen LogP contribution in [0.4, 0.5) is 4.79 Å². The highest BCUT2D eigenvalue weighted by atomic mass is 16.6. The van der Waals surface area contributed by atoms with Crippen molar-refractivity contribution < 1.29 is 28.5 Å². The van der Waals surface area contributed by atoms with Crippen LogP contribution in [0.2, 0.25) is 0 Å². The largest absolute Gasteiger partial charge is 0.493 e. The van der Waals surface area contributed by atoms with E-state index in [1.807, 2.05) is 57.2 Å². The summed E-state index contributed by atoms with van der Waals surface area (Å²) >= 11 is 0. The minimum absolute atomic E-state index is 0.345. The number of nitrogens with one attached hydrogen (secondary N) is 1. The van der Waals surface area contributed by atoms with Crippen molar-refractivity contribution in [1.29, 1.82) is 0 Å². The molecule has 0 aromatic heterocycles. The maximum atomic E-state index is 12.1. The minimum Gasteiger partial charge on any atom is -0.493 e. The van der Waals surface area contributed by atoms with E-state index in [-0.39, 0.29) is 6.09 Å². The second kappa shape index (κ2) is 16.5. The molecule has 0 fully saturated rings. The fourth-order valence-electron chi connectivity index (χ4n) is 3.70. The Morgan fingerprint density at radius 3 is 2.00 bits per heavy atom. The molecule has 7 nitrogen and oxygen atoms in total. The van der Waals surface area contributed by atoms with Gasteiger partial charge >= 0.3 is 12.1 Å². The van der Waals surface area contributed by atoms with E-state index in [1.54, 1.807) is 12.1 Å². The van der Waals surface area contributed by atoms with Gasteiger partial charge in [-0.2, -0.15) is 0 Å². The van der Waals surface area contributed by atoms with Crippen molar-refractivity contribution >= 4 is 12.1 Å². The number of rotatable bonds is 16. The normalized spacial score (nSPS) is 11.0. The number of esters is 1. The number of carbonyl (C=O) groups excluding carboxylic acids is 2. The van der Waals surface area contributed by atoms with Crippen molar-refractivity contribution in [3.63, 3.8) is 0 Å². The van der Waals surface area contributed by atoms with Crippen LogP contribution >= 0.6 is 0 Å². The van der Waals surface area contributed by atoms with Crippen LogP contribution in [0.25, 0.3) is 0 Å². The van der Waals surface area contributed by atoms with Gasteiger partial charge in [-0.1, -0.05) is 68.9 Å². The lowest BCUT2D eigenvalue weighted by atomic mass is 10.1. The summed E-state index contributed by atoms with van der Waals surface area (Å²) in [6.07, 6.45) is 8.47. The van der Waals surface area contributed by atoms with Crippen LogP contribution < -0.4 is 14.8 Å². The van der Waals surface area contributed by atoms with E-state index >= 15 is 0 Å². The average Bonchev–Trinajstić information content (AvgIpc) is 2.87. The molecule has 2 aromatic rings. The second-order valence-corrected chi connectivity index (χ2v) is 10.1. The number of hydrogen-bond acceptors (Lipinski definition) is 6. The van der Waals surface area contributed by atoms with E-state index < -0.39 is 11.6 Å². The Bertz CT molecular complexity index is 939. The molecule has 0 saturated carbocycles. The van der Waals surface area contributed by atoms with Gasteiger partial charge in [0.05, 0.1) is 19.3 Å². The number of carbonyl (C=O) groups is 2. The molecule has 1 amide bonds. The maximum absolute atomic E-state index is 12.1. The molecule has 37 heavy (non-hydrogen) atoms. The zero-order valence-corrected chi connectivity index (χ0v) is 22.8. The molecule has 0 atom stereocenters. The first-order valence-corrected chi connectivity index (χ1v) is 13.3. The Balaban J connectivity index is 1.60. The van der Waals surface area contributed by atoms with E-state index in [9.17, 15) is 9.59 Å². The standard InChI is InChI=1S/C30H43NO6/c1-30(2,3)37-29(33)31-18-14-9-7-5-6-8-10-15-19-35-26-20-25(28(32)34-4)21-27(22-26)36-23-24-16-12-11-13-17-24/h11-13,16-17,20-22H,5-10,14-15,18-19,23H2,1-4H3,(H,31,33). The van der Waals surface area contributed by atoms with Crippen LogP contribution in [0.3, 0.4) is 0 Å². The molecule has 1 N–H and O–H groups in total. The van der Waals surface area contributed by atoms with Gasteiger partial charge in [0, 0.05) is 12.6 Å². The quantitative estimate of drug-likeness (QED) is 0.191. The van der Waals surface area contributed by atoms with E-state index in [0.29, 0.717) is 36.8 Å². The maximum Gasteiger partial charge on any atom is 0.407 e. The molecule has 2 rings (SSSR count). The molecule has 2 aromatic carbocycles. The lowest BCUT2D eigenvalue weighted by Gasteiger charge is -2.19. The van der Waals surface area contributed by atoms with Crippen molar-refractivity contribution in [2.75, 3.05) is 20.3 Å². The van der Waals surface area contributed by atoms with Crippen LogP contribution in [0, 0.1) is 0 Å². The predicted octanol–water partition coefficient (Wildman–Crippen LogP) is 7.08. The van der Waals surface area contributed by atoms with Crippen molar-refractivity contribution in [1.82, 2.24) is 5.32 Å². The van der Waals surface area contributed by atoms with Gasteiger partial charge in [-0.25, -0.2) is 9.59 Å². The summed E-state index contributed by atoms with van der Waals surface area (Å²) < 4.78 is 21.9. The SMILES string of the molecule is COC(=O)c1cc(OCCCCCCCCCCNC(=O)OC(C)(C)C)cc(OCc2ccccc2)c1. The Labute approximate surface area is 221 Å². The number of alkyl carbamates (subject to hydrolysis) is 1. The summed E-state index contributed by atoms with van der Waals surface area (Å²) in [5.74, 6) is 0.754. The summed E-state index contributed by atoms with van der Waals surface area (Å²) in [6, 6.07) is 15.1. The van der Waals surface area contributed by atoms with Crippen LogP contribution in [0.1, 0.15) is 88.1 Å². The number of ether oxygens (including phenoxy) is 4. The van der Waals surface area contributed by atoms with Gasteiger partial charge in [0.1, 0.15) is 23.7 Å². The fourth-order valence-corrected chi connectivity index (χ4v) is 3.70. The third-order valence-electron chi connectivity index (χ3n) is 5.56. The molecule has 7 heteroatoms. The molecule has 0 aliphatic rings. The predicted molar refractivity (Wildman–Crippen MR) is 145 cm³/mol. The third-order valence-corrected chi connectivity index (χ3v) is 5.56. The Morgan fingerprint density at radius 1 is 0.784 bits per heavy atom. The smallest absolute Gasteiger partial charge is 0.407 e. The number of amides is 1. The van der Waals surface area contributed by atoms with E-state index in [2.05, 4.69) is 5.32 Å². The first kappa shape index (κ1) is 30.0. The number of hydrogen-bond donors (Lipinski definition) is 1. The van der Waals surface area contributed by atoms with Gasteiger partial charge in [0.2, 0.25) is 0 Å².